The van der Waals surface area contributed by atoms with Crippen molar-refractivity contribution in [3.8, 4) is 11.3 Å². The minimum absolute atomic E-state index is 0.0696. The van der Waals surface area contributed by atoms with Gasteiger partial charge in [-0.1, -0.05) is 6.07 Å². The smallest absolute Gasteiger partial charge is 0.335 e. The Morgan fingerprint density at radius 1 is 1.02 bits per heavy atom. The van der Waals surface area contributed by atoms with Gasteiger partial charge in [-0.15, -0.1) is 0 Å². The van der Waals surface area contributed by atoms with E-state index in [4.69, 9.17) is 21.4 Å². The Balaban J connectivity index is 1.54. The Morgan fingerprint density at radius 2 is 1.73 bits per heavy atom. The number of rotatable bonds is 9. The summed E-state index contributed by atoms with van der Waals surface area (Å²) >= 11 is 5.73. The second-order valence-electron chi connectivity index (χ2n) is 9.14. The van der Waals surface area contributed by atoms with E-state index in [1.54, 1.807) is 36.5 Å². The van der Waals surface area contributed by atoms with E-state index in [1.165, 1.54) is 19.2 Å². The molecule has 11 nitrogen and oxygen atoms in total. The molecule has 0 radical (unpaired) electrons. The van der Waals surface area contributed by atoms with Crippen molar-refractivity contribution in [2.75, 3.05) is 23.9 Å². The second kappa shape index (κ2) is 11.6. The first-order valence-electron chi connectivity index (χ1n) is 12.4. The summed E-state index contributed by atoms with van der Waals surface area (Å²) < 4.78 is 11.1. The van der Waals surface area contributed by atoms with Crippen LogP contribution in [0.3, 0.4) is 0 Å². The lowest BCUT2D eigenvalue weighted by Gasteiger charge is -2.26. The lowest BCUT2D eigenvalue weighted by atomic mass is 10.0. The summed E-state index contributed by atoms with van der Waals surface area (Å²) in [5.41, 5.74) is 1.97. The number of aromatic nitrogens is 1. The van der Waals surface area contributed by atoms with Crippen LogP contribution in [0.5, 0.6) is 0 Å². The fourth-order valence-corrected chi connectivity index (χ4v) is 4.99. The fraction of sp³-hybridized carbons (Fsp3) is 0.138. The molecule has 1 aliphatic rings. The maximum Gasteiger partial charge on any atom is 0.335 e. The van der Waals surface area contributed by atoms with Crippen LogP contribution in [0.15, 0.2) is 83.4 Å². The molecular weight excluding hydrogens is 548 g/mol. The van der Waals surface area contributed by atoms with Crippen molar-refractivity contribution >= 4 is 46.6 Å². The highest BCUT2D eigenvalue weighted by atomic mass is 32.1. The largest absolute Gasteiger partial charge is 0.478 e. The van der Waals surface area contributed by atoms with Crippen molar-refractivity contribution in [3.05, 3.63) is 102 Å². The van der Waals surface area contributed by atoms with Gasteiger partial charge in [0.2, 0.25) is 5.91 Å². The van der Waals surface area contributed by atoms with Crippen molar-refractivity contribution < 1.29 is 33.8 Å². The van der Waals surface area contributed by atoms with Gasteiger partial charge in [-0.05, 0) is 78.9 Å². The standard InChI is InChI=1S/C29H24N4O7S/c1-39-15-24(34)31-19-5-7-20(8-6-19)33-26(25(32-29(33)41)21-4-2-3-11-30-21)23-10-9-22(40-23)16-12-17(27(35)36)14-18(13-16)28(37)38/h2-14,25-26H,15H2,1H3,(H,31,34)(H,32,41)(H,35,36)(H,37,38)/t25-,26-/m0/s1. The molecule has 3 heterocycles. The lowest BCUT2D eigenvalue weighted by molar-refractivity contribution is -0.119. The topological polar surface area (TPSA) is 154 Å². The van der Waals surface area contributed by atoms with Crippen LogP contribution in [-0.4, -0.2) is 51.9 Å². The summed E-state index contributed by atoms with van der Waals surface area (Å²) in [7, 11) is 1.44. The molecule has 0 spiro atoms. The number of carboxylic acid groups (broad SMARTS) is 2. The van der Waals surface area contributed by atoms with E-state index >= 15 is 0 Å². The van der Waals surface area contributed by atoms with E-state index < -0.39 is 24.0 Å². The number of carbonyl (C=O) groups is 3. The van der Waals surface area contributed by atoms with Gasteiger partial charge in [0.15, 0.2) is 5.11 Å². The number of nitrogens with one attached hydrogen (secondary N) is 2. The van der Waals surface area contributed by atoms with Gasteiger partial charge in [0.1, 0.15) is 24.2 Å². The SMILES string of the molecule is COCC(=O)Nc1ccc(N2C(=S)N[C@@H](c3ccccn3)[C@@H]2c2ccc(-c3cc(C(=O)O)cc(C(=O)O)c3)o2)cc1. The molecule has 0 aliphatic carbocycles. The molecule has 2 aromatic heterocycles. The minimum atomic E-state index is -1.25. The number of carboxylic acids is 2. The number of pyridine rings is 1. The van der Waals surface area contributed by atoms with E-state index in [0.29, 0.717) is 33.6 Å². The number of aromatic carboxylic acids is 2. The van der Waals surface area contributed by atoms with E-state index in [2.05, 4.69) is 15.6 Å². The van der Waals surface area contributed by atoms with Crippen molar-refractivity contribution in [1.82, 2.24) is 10.3 Å². The van der Waals surface area contributed by atoms with Crippen LogP contribution in [0, 0.1) is 0 Å². The van der Waals surface area contributed by atoms with Gasteiger partial charge in [0.05, 0.1) is 22.9 Å². The number of hydrogen-bond donors (Lipinski definition) is 4. The predicted octanol–water partition coefficient (Wildman–Crippen LogP) is 4.50. The maximum atomic E-state index is 11.9. The molecule has 208 valence electrons. The van der Waals surface area contributed by atoms with Gasteiger partial charge in [-0.2, -0.15) is 0 Å². The van der Waals surface area contributed by atoms with Crippen LogP contribution in [0.2, 0.25) is 0 Å². The Hall–Kier alpha value is -5.07. The van der Waals surface area contributed by atoms with Crippen LogP contribution in [0.1, 0.15) is 44.3 Å². The highest BCUT2D eigenvalue weighted by molar-refractivity contribution is 7.80. The van der Waals surface area contributed by atoms with Crippen LogP contribution in [0.4, 0.5) is 11.4 Å². The molecule has 12 heteroatoms. The van der Waals surface area contributed by atoms with E-state index in [-0.39, 0.29) is 23.6 Å². The third kappa shape index (κ3) is 5.78. The van der Waals surface area contributed by atoms with Gasteiger partial charge in [-0.25, -0.2) is 9.59 Å². The zero-order valence-electron chi connectivity index (χ0n) is 21.6. The summed E-state index contributed by atoms with van der Waals surface area (Å²) in [6.45, 7) is -0.0696. The summed E-state index contributed by atoms with van der Waals surface area (Å²) in [6, 6.07) is 18.9. The van der Waals surface area contributed by atoms with Gasteiger partial charge in [-0.3, -0.25) is 9.78 Å². The molecule has 41 heavy (non-hydrogen) atoms. The third-order valence-electron chi connectivity index (χ3n) is 6.43. The third-order valence-corrected chi connectivity index (χ3v) is 6.75. The normalized spacial score (nSPS) is 16.3. The minimum Gasteiger partial charge on any atom is -0.478 e. The molecule has 1 amide bonds. The summed E-state index contributed by atoms with van der Waals surface area (Å²) in [6.07, 6.45) is 1.68. The van der Waals surface area contributed by atoms with E-state index in [1.807, 2.05) is 29.2 Å². The molecule has 2 atom stereocenters. The van der Waals surface area contributed by atoms with Crippen LogP contribution in [0.25, 0.3) is 11.3 Å². The van der Waals surface area contributed by atoms with Crippen LogP contribution >= 0.6 is 12.2 Å². The number of amides is 1. The highest BCUT2D eigenvalue weighted by Crippen LogP contribution is 2.43. The Labute approximate surface area is 239 Å². The molecule has 4 N–H and O–H groups in total. The summed E-state index contributed by atoms with van der Waals surface area (Å²) in [5.74, 6) is -2.02. The van der Waals surface area contributed by atoms with Gasteiger partial charge in [0.25, 0.3) is 0 Å². The summed E-state index contributed by atoms with van der Waals surface area (Å²) in [4.78, 5) is 41.6. The van der Waals surface area contributed by atoms with Crippen molar-refractivity contribution in [2.45, 2.75) is 12.1 Å². The van der Waals surface area contributed by atoms with Gasteiger partial charge >= 0.3 is 11.9 Å². The first-order valence-corrected chi connectivity index (χ1v) is 12.8. The van der Waals surface area contributed by atoms with E-state index in [0.717, 1.165) is 11.8 Å². The second-order valence-corrected chi connectivity index (χ2v) is 9.52. The molecule has 4 aromatic rings. The molecule has 0 bridgehead atoms. The maximum absolute atomic E-state index is 11.9. The number of ether oxygens (including phenoxy) is 1. The van der Waals surface area contributed by atoms with Crippen LogP contribution < -0.4 is 15.5 Å². The number of methoxy groups -OCH3 is 1. The molecule has 1 fully saturated rings. The molecule has 0 unspecified atom stereocenters. The predicted molar refractivity (Wildman–Crippen MR) is 153 cm³/mol. The fourth-order valence-electron chi connectivity index (χ4n) is 4.64. The number of hydrogen-bond acceptors (Lipinski definition) is 7. The monoisotopic (exact) mass is 572 g/mol. The van der Waals surface area contributed by atoms with Crippen molar-refractivity contribution in [1.29, 1.82) is 0 Å². The number of nitrogens with zero attached hydrogens (tertiary/aromatic N) is 2. The number of furan rings is 1. The van der Waals surface area contributed by atoms with Crippen molar-refractivity contribution in [3.63, 3.8) is 0 Å². The average Bonchev–Trinajstić information content (AvgIpc) is 3.58. The van der Waals surface area contributed by atoms with Crippen LogP contribution in [-0.2, 0) is 9.53 Å². The molecule has 2 aromatic carbocycles. The van der Waals surface area contributed by atoms with E-state index in [9.17, 15) is 24.6 Å². The van der Waals surface area contributed by atoms with Gasteiger partial charge in [0, 0.05) is 30.2 Å². The zero-order chi connectivity index (χ0) is 29.1. The van der Waals surface area contributed by atoms with Crippen molar-refractivity contribution in [2.24, 2.45) is 0 Å². The number of benzene rings is 2. The first-order chi connectivity index (χ1) is 19.7. The zero-order valence-corrected chi connectivity index (χ0v) is 22.4. The average molecular weight is 573 g/mol. The molecule has 0 saturated carbocycles. The molecule has 1 saturated heterocycles. The lowest BCUT2D eigenvalue weighted by Crippen LogP contribution is -2.29. The Morgan fingerprint density at radius 3 is 2.34 bits per heavy atom. The molecule has 1 aliphatic heterocycles. The number of thiocarbonyl (C=S) groups is 1. The van der Waals surface area contributed by atoms with Gasteiger partial charge < -0.3 is 34.9 Å². The molecular formula is C29H24N4O7S. The molecule has 5 rings (SSSR count). The Kier molecular flexibility index (Phi) is 7.77. The quantitative estimate of drug-likeness (QED) is 0.210. The Bertz CT molecular complexity index is 1590. The first kappa shape index (κ1) is 27.5. The highest BCUT2D eigenvalue weighted by Gasteiger charge is 2.42. The number of carbonyl (C=O) groups excluding carboxylic acids is 1. The number of anilines is 2. The summed E-state index contributed by atoms with van der Waals surface area (Å²) in [5, 5.41) is 25.5.